The number of anilines is 1. The Bertz CT molecular complexity index is 2150. The Balaban J connectivity index is 1.66. The lowest BCUT2D eigenvalue weighted by atomic mass is 9.81. The second-order valence-electron chi connectivity index (χ2n) is 14.8. The molecule has 4 rings (SSSR count). The van der Waals surface area contributed by atoms with E-state index in [0.29, 0.717) is 56.2 Å². The summed E-state index contributed by atoms with van der Waals surface area (Å²) in [7, 11) is -12.3. The first kappa shape index (κ1) is 46.6. The molecule has 0 saturated heterocycles. The first-order valence-electron chi connectivity index (χ1n) is 18.5. The molecule has 2 aliphatic rings. The molecule has 0 spiro atoms. The van der Waals surface area contributed by atoms with Crippen LogP contribution in [0, 0.1) is 0 Å². The third-order valence-electron chi connectivity index (χ3n) is 9.84. The lowest BCUT2D eigenvalue weighted by molar-refractivity contribution is -0.438. The molecule has 318 valence electrons. The second kappa shape index (κ2) is 19.8. The summed E-state index contributed by atoms with van der Waals surface area (Å²) in [4.78, 5) is 2.11. The molecular formula is C37H53N2O14S4+. The smallest absolute Gasteiger partial charge is 0.264 e. The van der Waals surface area contributed by atoms with Crippen LogP contribution in [0.2, 0.25) is 0 Å². The molecule has 57 heavy (non-hydrogen) atoms. The molecule has 2 aromatic carbocycles. The van der Waals surface area contributed by atoms with Gasteiger partial charge in [-0.3, -0.25) is 13.7 Å². The van der Waals surface area contributed by atoms with Crippen LogP contribution in [0.4, 0.5) is 11.4 Å². The summed E-state index contributed by atoms with van der Waals surface area (Å²) < 4.78 is 114. The number of hydrogen-bond donors (Lipinski definition) is 4. The Morgan fingerprint density at radius 1 is 0.737 bits per heavy atom. The molecule has 2 heterocycles. The van der Waals surface area contributed by atoms with Gasteiger partial charge in [-0.05, 0) is 87.9 Å². The standard InChI is InChI=1S/C37H52N2O14S4/c1-36(2)30-26-28(50-20-10-22-54-53-52-40)14-16-32(30)38(18-5-7-23-55(41,42)43)34(36)12-9-13-35-37(3,4)31-27-29(51-21-11-25-57(47,48)49)15-17-33(31)39(35)19-6-8-24-56(44,45)46/h9,12-17,26-27H,5-8,10-11,18-25H2,1-4H3,(H3-,40,41,42,43,44,45,46,47,48,49)/p+1. The zero-order valence-electron chi connectivity index (χ0n) is 32.5. The molecule has 0 radical (unpaired) electrons. The maximum absolute atomic E-state index is 11.5. The topological polar surface area (TPSA) is 227 Å². The van der Waals surface area contributed by atoms with E-state index in [1.807, 2.05) is 48.6 Å². The van der Waals surface area contributed by atoms with Gasteiger partial charge in [-0.1, -0.05) is 25.0 Å². The van der Waals surface area contributed by atoms with E-state index in [-0.39, 0.29) is 37.4 Å². The predicted molar refractivity (Wildman–Crippen MR) is 218 cm³/mol. The highest BCUT2D eigenvalue weighted by Crippen LogP contribution is 2.49. The molecule has 2 aliphatic heterocycles. The van der Waals surface area contributed by atoms with Gasteiger partial charge in [0.1, 0.15) is 18.0 Å². The Labute approximate surface area is 339 Å². The average Bonchev–Trinajstić information content (AvgIpc) is 3.45. The molecule has 0 saturated carbocycles. The fraction of sp³-hybridized carbons (Fsp3) is 0.541. The summed E-state index contributed by atoms with van der Waals surface area (Å²) in [6, 6.07) is 11.4. The van der Waals surface area contributed by atoms with E-state index >= 15 is 0 Å². The Morgan fingerprint density at radius 2 is 1.32 bits per heavy atom. The van der Waals surface area contributed by atoms with Crippen molar-refractivity contribution in [2.75, 3.05) is 54.2 Å². The first-order chi connectivity index (χ1) is 26.6. The highest BCUT2D eigenvalue weighted by molar-refractivity contribution is 7.94. The zero-order valence-corrected chi connectivity index (χ0v) is 35.8. The molecule has 0 unspecified atom stereocenters. The van der Waals surface area contributed by atoms with Gasteiger partial charge in [0.05, 0.1) is 35.9 Å². The van der Waals surface area contributed by atoms with Crippen LogP contribution in [0.15, 0.2) is 60.3 Å². The number of fused-ring (bicyclic) bond motifs is 2. The molecule has 0 bridgehead atoms. The van der Waals surface area contributed by atoms with Crippen molar-refractivity contribution in [3.63, 3.8) is 0 Å². The molecule has 0 atom stereocenters. The molecular weight excluding hydrogens is 825 g/mol. The monoisotopic (exact) mass is 877 g/mol. The third-order valence-corrected chi connectivity index (χ3v) is 12.9. The van der Waals surface area contributed by atoms with Gasteiger partial charge in [0.25, 0.3) is 30.4 Å². The maximum Gasteiger partial charge on any atom is 0.264 e. The van der Waals surface area contributed by atoms with Crippen LogP contribution >= 0.6 is 12.0 Å². The number of benzene rings is 2. The van der Waals surface area contributed by atoms with Crippen LogP contribution < -0.4 is 14.4 Å². The normalized spacial score (nSPS) is 17.1. The van der Waals surface area contributed by atoms with Crippen molar-refractivity contribution in [2.24, 2.45) is 0 Å². The van der Waals surface area contributed by atoms with E-state index in [2.05, 4.69) is 46.5 Å². The fourth-order valence-electron chi connectivity index (χ4n) is 7.10. The number of nitrogens with zero attached hydrogens (tertiary/aromatic N) is 2. The minimum Gasteiger partial charge on any atom is -0.494 e. The van der Waals surface area contributed by atoms with Gasteiger partial charge < -0.3 is 14.4 Å². The van der Waals surface area contributed by atoms with Crippen LogP contribution in [-0.4, -0.2) is 104 Å². The zero-order chi connectivity index (χ0) is 42.1. The van der Waals surface area contributed by atoms with Crippen LogP contribution in [0.25, 0.3) is 0 Å². The number of ether oxygens (including phenoxy) is 2. The van der Waals surface area contributed by atoms with E-state index in [1.165, 1.54) is 0 Å². The number of allylic oxidation sites excluding steroid dienone is 4. The molecule has 0 aliphatic carbocycles. The minimum atomic E-state index is -4.12. The number of hydrogen-bond acceptors (Lipinski definition) is 13. The van der Waals surface area contributed by atoms with Crippen molar-refractivity contribution in [1.82, 2.24) is 0 Å². The van der Waals surface area contributed by atoms with Crippen molar-refractivity contribution >= 4 is 59.5 Å². The Hall–Kier alpha value is -3.05. The maximum atomic E-state index is 11.5. The number of rotatable bonds is 24. The van der Waals surface area contributed by atoms with Gasteiger partial charge in [-0.15, -0.1) is 4.33 Å². The van der Waals surface area contributed by atoms with Crippen LogP contribution in [0.3, 0.4) is 0 Å². The van der Waals surface area contributed by atoms with E-state index in [4.69, 9.17) is 19.3 Å². The molecule has 20 heteroatoms. The Kier molecular flexibility index (Phi) is 16.2. The van der Waals surface area contributed by atoms with Gasteiger partial charge in [-0.25, -0.2) is 5.26 Å². The summed E-state index contributed by atoms with van der Waals surface area (Å²) in [5.41, 5.74) is 4.56. The summed E-state index contributed by atoms with van der Waals surface area (Å²) in [5.74, 6) is 0.602. The molecule has 0 amide bonds. The van der Waals surface area contributed by atoms with Crippen molar-refractivity contribution in [3.05, 3.63) is 71.5 Å². The fourth-order valence-corrected chi connectivity index (χ4v) is 9.07. The second-order valence-corrected chi connectivity index (χ2v) is 20.3. The van der Waals surface area contributed by atoms with Gasteiger partial charge in [0.15, 0.2) is 5.71 Å². The lowest BCUT2D eigenvalue weighted by Gasteiger charge is -2.27. The molecule has 16 nitrogen and oxygen atoms in total. The van der Waals surface area contributed by atoms with Crippen LogP contribution in [0.5, 0.6) is 11.5 Å². The van der Waals surface area contributed by atoms with Crippen molar-refractivity contribution in [2.45, 2.75) is 77.0 Å². The quantitative estimate of drug-likeness (QED) is 0.0232. The lowest BCUT2D eigenvalue weighted by Crippen LogP contribution is -2.28. The summed E-state index contributed by atoms with van der Waals surface area (Å²) in [6.45, 7) is 9.73. The van der Waals surface area contributed by atoms with Crippen LogP contribution in [-0.2, 0) is 50.6 Å². The van der Waals surface area contributed by atoms with Gasteiger partial charge in [0.2, 0.25) is 5.69 Å². The molecule has 2 aromatic rings. The summed E-state index contributed by atoms with van der Waals surface area (Å²) >= 11 is 0.952. The first-order valence-corrected chi connectivity index (χ1v) is 24.2. The van der Waals surface area contributed by atoms with Crippen molar-refractivity contribution < 1.29 is 67.6 Å². The summed E-state index contributed by atoms with van der Waals surface area (Å²) in [5, 5.41) is 11.9. The third kappa shape index (κ3) is 13.5. The predicted octanol–water partition coefficient (Wildman–Crippen LogP) is 6.13. The van der Waals surface area contributed by atoms with E-state index in [1.54, 1.807) is 6.07 Å². The SMILES string of the molecule is CC1(C)C(C=C/C=C2/N(CCCCS(=O)(=O)O)c3ccc(OCCCS(=O)(=O)O)cc3C2(C)C)=[N+](CCCCS(=O)(=O)O)c2ccc(OCCCSOOO)cc21. The van der Waals surface area contributed by atoms with E-state index < -0.39 is 46.9 Å². The van der Waals surface area contributed by atoms with E-state index in [9.17, 15) is 34.4 Å². The van der Waals surface area contributed by atoms with Crippen molar-refractivity contribution in [1.29, 1.82) is 0 Å². The number of unbranched alkanes of at least 4 members (excludes halogenated alkanes) is 2. The van der Waals surface area contributed by atoms with Gasteiger partial charge in [0, 0.05) is 65.3 Å². The van der Waals surface area contributed by atoms with Crippen molar-refractivity contribution in [3.8, 4) is 11.5 Å². The highest BCUT2D eigenvalue weighted by atomic mass is 32.2. The Morgan fingerprint density at radius 3 is 1.95 bits per heavy atom. The average molecular weight is 878 g/mol. The summed E-state index contributed by atoms with van der Waals surface area (Å²) in [6.07, 6.45) is 8.20. The highest BCUT2D eigenvalue weighted by Gasteiger charge is 2.45. The van der Waals surface area contributed by atoms with E-state index in [0.717, 1.165) is 46.0 Å². The minimum absolute atomic E-state index is 0.0797. The molecule has 0 aromatic heterocycles. The van der Waals surface area contributed by atoms with Gasteiger partial charge in [-0.2, -0.15) is 29.8 Å². The largest absolute Gasteiger partial charge is 0.494 e. The molecule has 0 fully saturated rings. The van der Waals surface area contributed by atoms with Gasteiger partial charge >= 0.3 is 0 Å². The van der Waals surface area contributed by atoms with Crippen LogP contribution in [0.1, 0.15) is 77.3 Å². The molecule has 4 N–H and O–H groups in total.